The molecule has 4 aromatic rings. The molecule has 168 valence electrons. The molecule has 0 N–H and O–H groups in total. The number of fused-ring (bicyclic) bond motifs is 4. The van der Waals surface area contributed by atoms with Crippen molar-refractivity contribution in [3.63, 3.8) is 0 Å². The highest BCUT2D eigenvalue weighted by atomic mass is 16.5. The van der Waals surface area contributed by atoms with Gasteiger partial charge < -0.3 is 9.30 Å². The Hall–Kier alpha value is -2.88. The van der Waals surface area contributed by atoms with Crippen molar-refractivity contribution in [2.45, 2.75) is 72.1 Å². The number of aromatic nitrogens is 2. The third-order valence-corrected chi connectivity index (χ3v) is 6.75. The highest BCUT2D eigenvalue weighted by Crippen LogP contribution is 2.39. The molecule has 2 aromatic carbocycles. The number of rotatable bonds is 9. The van der Waals surface area contributed by atoms with Gasteiger partial charge in [0.1, 0.15) is 5.75 Å². The highest BCUT2D eigenvalue weighted by molar-refractivity contribution is 6.17. The molecule has 0 aliphatic carbocycles. The van der Waals surface area contributed by atoms with Crippen LogP contribution in [0.1, 0.15) is 69.4 Å². The lowest BCUT2D eigenvalue weighted by Crippen LogP contribution is -2.07. The van der Waals surface area contributed by atoms with E-state index in [-0.39, 0.29) is 5.97 Å². The number of carbonyl (C=O) groups excluding carboxylic acids is 1. The second kappa shape index (κ2) is 9.72. The summed E-state index contributed by atoms with van der Waals surface area (Å²) in [6.07, 6.45) is 12.6. The van der Waals surface area contributed by atoms with Crippen LogP contribution >= 0.6 is 0 Å². The first-order valence-corrected chi connectivity index (χ1v) is 12.0. The van der Waals surface area contributed by atoms with Crippen LogP contribution in [-0.4, -0.2) is 15.5 Å². The summed E-state index contributed by atoms with van der Waals surface area (Å²) < 4.78 is 7.97. The highest BCUT2D eigenvalue weighted by Gasteiger charge is 2.17. The number of hydrogen-bond donors (Lipinski definition) is 0. The molecule has 0 aliphatic heterocycles. The first-order valence-electron chi connectivity index (χ1n) is 12.0. The number of esters is 1. The van der Waals surface area contributed by atoms with Crippen LogP contribution < -0.4 is 4.74 Å². The van der Waals surface area contributed by atoms with E-state index in [1.165, 1.54) is 64.9 Å². The average Bonchev–Trinajstić information content (AvgIpc) is 3.09. The minimum atomic E-state index is -0.138. The van der Waals surface area contributed by atoms with Gasteiger partial charge in [-0.15, -0.1) is 0 Å². The third kappa shape index (κ3) is 4.23. The monoisotopic (exact) mass is 430 g/mol. The van der Waals surface area contributed by atoms with Crippen LogP contribution in [0.2, 0.25) is 0 Å². The van der Waals surface area contributed by atoms with E-state index in [0.717, 1.165) is 23.7 Å². The molecule has 0 aliphatic rings. The number of benzene rings is 2. The lowest BCUT2D eigenvalue weighted by molar-refractivity contribution is -0.134. The van der Waals surface area contributed by atoms with Gasteiger partial charge >= 0.3 is 5.97 Å². The number of unbranched alkanes of at least 4 members (excludes halogenated alkanes) is 6. The summed E-state index contributed by atoms with van der Waals surface area (Å²) in [5.41, 5.74) is 4.83. The number of hydrogen-bond acceptors (Lipinski definition) is 3. The molecule has 0 fully saturated rings. The SMILES string of the molecule is CCCCCCCCCC(=O)Oc1ccc2c(c1)c1c(C)c3cnccc3c(C)c1n2C. The molecule has 0 radical (unpaired) electrons. The van der Waals surface area contributed by atoms with Gasteiger partial charge in [0.25, 0.3) is 0 Å². The van der Waals surface area contributed by atoms with Gasteiger partial charge in [-0.2, -0.15) is 0 Å². The standard InChI is InChI=1S/C28H34N2O2/c1-5-6-7-8-9-10-11-12-26(31)32-21-13-14-25-23(17-21)27-19(2)24-18-29-16-15-22(24)20(3)28(27)30(25)4/h13-18H,5-12H2,1-4H3. The Balaban J connectivity index is 1.56. The third-order valence-electron chi connectivity index (χ3n) is 6.75. The van der Waals surface area contributed by atoms with E-state index in [0.29, 0.717) is 12.2 Å². The lowest BCUT2D eigenvalue weighted by Gasteiger charge is -2.10. The minimum absolute atomic E-state index is 0.138. The molecule has 0 unspecified atom stereocenters. The molecule has 4 heteroatoms. The Morgan fingerprint density at radius 3 is 2.47 bits per heavy atom. The predicted octanol–water partition coefficient (Wildman–Crippen LogP) is 7.54. The van der Waals surface area contributed by atoms with Crippen LogP contribution in [0.15, 0.2) is 36.7 Å². The Morgan fingerprint density at radius 2 is 1.69 bits per heavy atom. The summed E-state index contributed by atoms with van der Waals surface area (Å²) in [4.78, 5) is 16.8. The molecule has 0 bridgehead atoms. The fraction of sp³-hybridized carbons (Fsp3) is 0.429. The summed E-state index contributed by atoms with van der Waals surface area (Å²) in [7, 11) is 2.11. The minimum Gasteiger partial charge on any atom is -0.427 e. The fourth-order valence-corrected chi connectivity index (χ4v) is 5.00. The topological polar surface area (TPSA) is 44.1 Å². The summed E-state index contributed by atoms with van der Waals surface area (Å²) >= 11 is 0. The van der Waals surface area contributed by atoms with Gasteiger partial charge in [0.05, 0.1) is 5.52 Å². The summed E-state index contributed by atoms with van der Waals surface area (Å²) in [5.74, 6) is 0.488. The van der Waals surface area contributed by atoms with Crippen LogP contribution in [0.25, 0.3) is 32.6 Å². The van der Waals surface area contributed by atoms with E-state index in [9.17, 15) is 4.79 Å². The van der Waals surface area contributed by atoms with E-state index in [2.05, 4.69) is 49.5 Å². The fourth-order valence-electron chi connectivity index (χ4n) is 5.00. The van der Waals surface area contributed by atoms with E-state index in [1.807, 2.05) is 24.5 Å². The molecular formula is C28H34N2O2. The van der Waals surface area contributed by atoms with Crippen molar-refractivity contribution in [3.8, 4) is 5.75 Å². The predicted molar refractivity (Wildman–Crippen MR) is 133 cm³/mol. The zero-order valence-electron chi connectivity index (χ0n) is 19.8. The van der Waals surface area contributed by atoms with Gasteiger partial charge in [0.2, 0.25) is 0 Å². The maximum absolute atomic E-state index is 12.4. The summed E-state index contributed by atoms with van der Waals surface area (Å²) in [6, 6.07) is 8.09. The maximum atomic E-state index is 12.4. The van der Waals surface area contributed by atoms with E-state index in [1.54, 1.807) is 0 Å². The maximum Gasteiger partial charge on any atom is 0.311 e. The zero-order valence-corrected chi connectivity index (χ0v) is 19.8. The van der Waals surface area contributed by atoms with Crippen molar-refractivity contribution in [1.29, 1.82) is 0 Å². The number of pyridine rings is 1. The number of nitrogens with zero attached hydrogens (tertiary/aromatic N) is 2. The Bertz CT molecular complexity index is 1270. The molecule has 2 aromatic heterocycles. The second-order valence-corrected chi connectivity index (χ2v) is 8.98. The average molecular weight is 431 g/mol. The van der Waals surface area contributed by atoms with Crippen molar-refractivity contribution >= 4 is 38.5 Å². The van der Waals surface area contributed by atoms with Gasteiger partial charge in [-0.25, -0.2) is 0 Å². The van der Waals surface area contributed by atoms with Crippen molar-refractivity contribution in [2.75, 3.05) is 0 Å². The van der Waals surface area contributed by atoms with E-state index in [4.69, 9.17) is 4.74 Å². The second-order valence-electron chi connectivity index (χ2n) is 8.98. The number of ether oxygens (including phenoxy) is 1. The van der Waals surface area contributed by atoms with Gasteiger partial charge in [0, 0.05) is 47.5 Å². The van der Waals surface area contributed by atoms with Crippen LogP contribution in [0.4, 0.5) is 0 Å². The molecule has 4 rings (SSSR count). The van der Waals surface area contributed by atoms with Crippen LogP contribution in [-0.2, 0) is 11.8 Å². The number of aryl methyl sites for hydroxylation is 3. The molecule has 0 amide bonds. The smallest absolute Gasteiger partial charge is 0.311 e. The first kappa shape index (κ1) is 22.3. The quantitative estimate of drug-likeness (QED) is 0.156. The van der Waals surface area contributed by atoms with E-state index < -0.39 is 0 Å². The Labute approximate surface area is 190 Å². The van der Waals surface area contributed by atoms with Gasteiger partial charge in [-0.1, -0.05) is 45.4 Å². The normalized spacial score (nSPS) is 11.6. The number of carbonyl (C=O) groups is 1. The summed E-state index contributed by atoms with van der Waals surface area (Å²) in [5, 5.41) is 4.74. The lowest BCUT2D eigenvalue weighted by atomic mass is 9.97. The molecular weight excluding hydrogens is 396 g/mol. The summed E-state index contributed by atoms with van der Waals surface area (Å²) in [6.45, 7) is 6.56. The van der Waals surface area contributed by atoms with Gasteiger partial charge in [0.15, 0.2) is 0 Å². The zero-order chi connectivity index (χ0) is 22.7. The van der Waals surface area contributed by atoms with Crippen molar-refractivity contribution in [2.24, 2.45) is 7.05 Å². The molecule has 4 nitrogen and oxygen atoms in total. The van der Waals surface area contributed by atoms with Crippen molar-refractivity contribution in [3.05, 3.63) is 47.8 Å². The van der Waals surface area contributed by atoms with Gasteiger partial charge in [-0.3, -0.25) is 9.78 Å². The molecule has 0 atom stereocenters. The molecule has 0 saturated heterocycles. The van der Waals surface area contributed by atoms with E-state index >= 15 is 0 Å². The first-order chi connectivity index (χ1) is 15.5. The van der Waals surface area contributed by atoms with Crippen LogP contribution in [0.5, 0.6) is 5.75 Å². The molecule has 2 heterocycles. The molecule has 0 spiro atoms. The van der Waals surface area contributed by atoms with Crippen LogP contribution in [0, 0.1) is 13.8 Å². The molecule has 32 heavy (non-hydrogen) atoms. The molecule has 0 saturated carbocycles. The van der Waals surface area contributed by atoms with Crippen molar-refractivity contribution < 1.29 is 9.53 Å². The van der Waals surface area contributed by atoms with Gasteiger partial charge in [-0.05, 0) is 61.0 Å². The Kier molecular flexibility index (Phi) is 6.78. The van der Waals surface area contributed by atoms with Crippen molar-refractivity contribution in [1.82, 2.24) is 9.55 Å². The van der Waals surface area contributed by atoms with Crippen LogP contribution in [0.3, 0.4) is 0 Å². The Morgan fingerprint density at radius 1 is 0.938 bits per heavy atom. The largest absolute Gasteiger partial charge is 0.427 e.